The van der Waals surface area contributed by atoms with Gasteiger partial charge in [-0.1, -0.05) is 42.3 Å². The number of carbonyl (C=O) groups is 2. The third kappa shape index (κ3) is 4.28. The number of aryl methyl sites for hydroxylation is 1. The molecule has 1 aliphatic rings. The number of carbonyl (C=O) groups excluding carboxylic acids is 2. The summed E-state index contributed by atoms with van der Waals surface area (Å²) in [6.45, 7) is 2.04. The molecular formula is C23H16Cl2N2O3S. The van der Waals surface area contributed by atoms with E-state index < -0.39 is 11.8 Å². The lowest BCUT2D eigenvalue weighted by molar-refractivity contribution is -0.122. The molecule has 2 aromatic carbocycles. The number of benzene rings is 2. The molecule has 0 radical (unpaired) electrons. The van der Waals surface area contributed by atoms with E-state index >= 15 is 0 Å². The van der Waals surface area contributed by atoms with Crippen molar-refractivity contribution in [2.75, 3.05) is 4.90 Å². The first kappa shape index (κ1) is 21.3. The molecular weight excluding hydrogens is 455 g/mol. The Kier molecular flexibility index (Phi) is 5.96. The van der Waals surface area contributed by atoms with E-state index in [1.807, 2.05) is 19.1 Å². The smallest absolute Gasteiger partial charge is 0.270 e. The molecule has 2 amide bonds. The number of hydrogen-bond acceptors (Lipinski definition) is 4. The van der Waals surface area contributed by atoms with Crippen molar-refractivity contribution in [2.24, 2.45) is 0 Å². The minimum absolute atomic E-state index is 0.0346. The van der Waals surface area contributed by atoms with Crippen molar-refractivity contribution in [1.29, 1.82) is 0 Å². The van der Waals surface area contributed by atoms with Crippen molar-refractivity contribution >= 4 is 64.1 Å². The molecule has 8 heteroatoms. The average Bonchev–Trinajstić information content (AvgIpc) is 3.22. The van der Waals surface area contributed by atoms with Gasteiger partial charge in [0, 0.05) is 5.56 Å². The largest absolute Gasteiger partial charge is 0.457 e. The maximum Gasteiger partial charge on any atom is 0.270 e. The third-order valence-electron chi connectivity index (χ3n) is 4.82. The minimum atomic E-state index is -0.580. The Hall–Kier alpha value is -2.93. The second-order valence-corrected chi connectivity index (χ2v) is 8.01. The molecule has 0 unspecified atom stereocenters. The van der Waals surface area contributed by atoms with Crippen LogP contribution in [0.4, 0.5) is 5.69 Å². The third-order valence-corrected chi connectivity index (χ3v) is 5.85. The lowest BCUT2D eigenvalue weighted by Gasteiger charge is -2.28. The van der Waals surface area contributed by atoms with Crippen molar-refractivity contribution in [1.82, 2.24) is 5.32 Å². The van der Waals surface area contributed by atoms with E-state index in [1.165, 1.54) is 11.0 Å². The fourth-order valence-electron chi connectivity index (χ4n) is 3.15. The van der Waals surface area contributed by atoms with Gasteiger partial charge in [-0.05, 0) is 72.7 Å². The molecule has 0 aliphatic carbocycles. The van der Waals surface area contributed by atoms with Crippen LogP contribution in [0.15, 0.2) is 64.6 Å². The molecule has 4 rings (SSSR count). The molecule has 1 aromatic heterocycles. The zero-order valence-electron chi connectivity index (χ0n) is 16.3. The highest BCUT2D eigenvalue weighted by atomic mass is 35.5. The van der Waals surface area contributed by atoms with E-state index in [-0.39, 0.29) is 10.7 Å². The first-order chi connectivity index (χ1) is 14.9. The molecule has 156 valence electrons. The van der Waals surface area contributed by atoms with Gasteiger partial charge in [0.1, 0.15) is 17.1 Å². The Bertz CT molecular complexity index is 1230. The molecule has 0 spiro atoms. The first-order valence-corrected chi connectivity index (χ1v) is 10.6. The molecule has 2 heterocycles. The summed E-state index contributed by atoms with van der Waals surface area (Å²) < 4.78 is 5.80. The summed E-state index contributed by atoms with van der Waals surface area (Å²) in [6, 6.07) is 15.9. The zero-order chi connectivity index (χ0) is 22.1. The normalized spacial score (nSPS) is 15.5. The average molecular weight is 471 g/mol. The summed E-state index contributed by atoms with van der Waals surface area (Å²) in [5, 5.41) is 3.44. The van der Waals surface area contributed by atoms with Crippen LogP contribution in [0.25, 0.3) is 17.4 Å². The SMILES string of the molecule is CCc1ccc(N2C(=O)C(=Cc3ccc(-c4ccc(Cl)c(Cl)c4)o3)C(=O)NC2=S)cc1. The highest BCUT2D eigenvalue weighted by Crippen LogP contribution is 2.30. The fraction of sp³-hybridized carbons (Fsp3) is 0.0870. The van der Waals surface area contributed by atoms with Crippen LogP contribution in [0.2, 0.25) is 10.0 Å². The zero-order valence-corrected chi connectivity index (χ0v) is 18.6. The van der Waals surface area contributed by atoms with Gasteiger partial charge in [0.2, 0.25) is 0 Å². The minimum Gasteiger partial charge on any atom is -0.457 e. The fourth-order valence-corrected chi connectivity index (χ4v) is 3.73. The molecule has 1 aliphatic heterocycles. The Morgan fingerprint density at radius 3 is 2.45 bits per heavy atom. The van der Waals surface area contributed by atoms with Crippen molar-refractivity contribution < 1.29 is 14.0 Å². The van der Waals surface area contributed by atoms with Crippen LogP contribution >= 0.6 is 35.4 Å². The van der Waals surface area contributed by atoms with Crippen LogP contribution < -0.4 is 10.2 Å². The van der Waals surface area contributed by atoms with E-state index in [4.69, 9.17) is 39.8 Å². The van der Waals surface area contributed by atoms with Crippen molar-refractivity contribution in [3.05, 3.63) is 81.5 Å². The molecule has 0 bridgehead atoms. The summed E-state index contributed by atoms with van der Waals surface area (Å²) in [4.78, 5) is 26.9. The molecule has 0 atom stereocenters. The van der Waals surface area contributed by atoms with E-state index in [2.05, 4.69) is 5.32 Å². The van der Waals surface area contributed by atoms with Gasteiger partial charge in [-0.3, -0.25) is 19.8 Å². The second kappa shape index (κ2) is 8.67. The Balaban J connectivity index is 1.65. The predicted octanol–water partition coefficient (Wildman–Crippen LogP) is 5.65. The monoisotopic (exact) mass is 470 g/mol. The van der Waals surface area contributed by atoms with Crippen LogP contribution in [0, 0.1) is 0 Å². The number of nitrogens with zero attached hydrogens (tertiary/aromatic N) is 1. The van der Waals surface area contributed by atoms with Crippen LogP contribution in [-0.4, -0.2) is 16.9 Å². The van der Waals surface area contributed by atoms with Gasteiger partial charge >= 0.3 is 0 Å². The predicted molar refractivity (Wildman–Crippen MR) is 126 cm³/mol. The van der Waals surface area contributed by atoms with Gasteiger partial charge in [-0.25, -0.2) is 0 Å². The topological polar surface area (TPSA) is 62.6 Å². The maximum absolute atomic E-state index is 13.1. The number of furan rings is 1. The van der Waals surface area contributed by atoms with Gasteiger partial charge in [0.25, 0.3) is 11.8 Å². The van der Waals surface area contributed by atoms with E-state index in [1.54, 1.807) is 42.5 Å². The van der Waals surface area contributed by atoms with Gasteiger partial charge in [-0.15, -0.1) is 0 Å². The number of thiocarbonyl (C=S) groups is 1. The number of nitrogens with one attached hydrogen (secondary N) is 1. The Morgan fingerprint density at radius 1 is 1.03 bits per heavy atom. The van der Waals surface area contributed by atoms with Gasteiger partial charge in [0.05, 0.1) is 15.7 Å². The molecule has 1 N–H and O–H groups in total. The number of hydrogen-bond donors (Lipinski definition) is 1. The van der Waals surface area contributed by atoms with E-state index in [9.17, 15) is 9.59 Å². The lowest BCUT2D eigenvalue weighted by Crippen LogP contribution is -2.54. The van der Waals surface area contributed by atoms with Gasteiger partial charge < -0.3 is 4.42 Å². The first-order valence-electron chi connectivity index (χ1n) is 9.43. The quantitative estimate of drug-likeness (QED) is 0.304. The van der Waals surface area contributed by atoms with E-state index in [0.29, 0.717) is 27.3 Å². The molecule has 1 saturated heterocycles. The highest BCUT2D eigenvalue weighted by molar-refractivity contribution is 7.80. The van der Waals surface area contributed by atoms with Crippen LogP contribution in [0.5, 0.6) is 0 Å². The summed E-state index contributed by atoms with van der Waals surface area (Å²) in [5.41, 5.74) is 2.35. The molecule has 3 aromatic rings. The number of rotatable bonds is 4. The lowest BCUT2D eigenvalue weighted by atomic mass is 10.1. The van der Waals surface area contributed by atoms with Gasteiger partial charge in [-0.2, -0.15) is 0 Å². The summed E-state index contributed by atoms with van der Waals surface area (Å²) in [5.74, 6) is -0.236. The Morgan fingerprint density at radius 2 is 1.77 bits per heavy atom. The number of halogens is 2. The molecule has 31 heavy (non-hydrogen) atoms. The highest BCUT2D eigenvalue weighted by Gasteiger charge is 2.34. The molecule has 5 nitrogen and oxygen atoms in total. The number of anilines is 1. The van der Waals surface area contributed by atoms with Crippen LogP contribution in [-0.2, 0) is 16.0 Å². The van der Waals surface area contributed by atoms with Crippen molar-refractivity contribution in [2.45, 2.75) is 13.3 Å². The van der Waals surface area contributed by atoms with Crippen molar-refractivity contribution in [3.8, 4) is 11.3 Å². The molecule has 0 saturated carbocycles. The Labute approximate surface area is 194 Å². The summed E-state index contributed by atoms with van der Waals surface area (Å²) in [6.07, 6.45) is 2.27. The summed E-state index contributed by atoms with van der Waals surface area (Å²) >= 11 is 17.3. The van der Waals surface area contributed by atoms with Crippen molar-refractivity contribution in [3.63, 3.8) is 0 Å². The van der Waals surface area contributed by atoms with Gasteiger partial charge in [0.15, 0.2) is 5.11 Å². The standard InChI is InChI=1S/C23H16Cl2N2O3S/c1-2-13-3-6-15(7-4-13)27-22(29)17(21(28)26-23(27)31)12-16-8-10-20(30-16)14-5-9-18(24)19(25)11-14/h3-12H,2H2,1H3,(H,26,28,31). The van der Waals surface area contributed by atoms with Crippen LogP contribution in [0.3, 0.4) is 0 Å². The number of amides is 2. The summed E-state index contributed by atoms with van der Waals surface area (Å²) in [7, 11) is 0. The van der Waals surface area contributed by atoms with Crippen LogP contribution in [0.1, 0.15) is 18.2 Å². The maximum atomic E-state index is 13.1. The second-order valence-electron chi connectivity index (χ2n) is 6.81. The van der Waals surface area contributed by atoms with E-state index in [0.717, 1.165) is 17.5 Å². The molecule has 1 fully saturated rings.